The first-order valence-corrected chi connectivity index (χ1v) is 4.74. The van der Waals surface area contributed by atoms with Crippen molar-refractivity contribution in [2.24, 2.45) is 0 Å². The second-order valence-corrected chi connectivity index (χ2v) is 3.20. The highest BCUT2D eigenvalue weighted by Gasteiger charge is 2.11. The molecule has 1 atom stereocenters. The Morgan fingerprint density at radius 2 is 2.23 bits per heavy atom. The van der Waals surface area contributed by atoms with Crippen LogP contribution in [0.5, 0.6) is 0 Å². The fourth-order valence-electron chi connectivity index (χ4n) is 0.973. The molecule has 0 amide bonds. The number of hydrogen-bond acceptors (Lipinski definition) is 4. The molecule has 0 aliphatic heterocycles. The minimum absolute atomic E-state index is 0.371. The average molecular weight is 183 g/mol. The minimum atomic E-state index is 0.371. The van der Waals surface area contributed by atoms with Crippen LogP contribution in [0.2, 0.25) is 0 Å². The highest BCUT2D eigenvalue weighted by Crippen LogP contribution is 2.16. The van der Waals surface area contributed by atoms with Gasteiger partial charge in [-0.05, 0) is 13.5 Å². The molecular weight excluding hydrogens is 166 g/mol. The highest BCUT2D eigenvalue weighted by atomic mass is 16.4. The van der Waals surface area contributed by atoms with Crippen molar-refractivity contribution in [1.82, 2.24) is 15.5 Å². The van der Waals surface area contributed by atoms with E-state index in [-0.39, 0.29) is 0 Å². The third-order valence-electron chi connectivity index (χ3n) is 2.11. The van der Waals surface area contributed by atoms with Gasteiger partial charge in [0.1, 0.15) is 0 Å². The Morgan fingerprint density at radius 3 is 2.85 bits per heavy atom. The summed E-state index contributed by atoms with van der Waals surface area (Å²) >= 11 is 0. The van der Waals surface area contributed by atoms with Gasteiger partial charge in [0.15, 0.2) is 0 Å². The standard InChI is InChI=1S/C9H17N3O/c1-4-7(2)9-12-11-8(13-9)5-6-10-3/h7,10H,4-6H2,1-3H3. The molecule has 0 aliphatic rings. The van der Waals surface area contributed by atoms with Crippen molar-refractivity contribution in [3.63, 3.8) is 0 Å². The lowest BCUT2D eigenvalue weighted by Gasteiger charge is -1.99. The molecule has 0 fully saturated rings. The summed E-state index contributed by atoms with van der Waals surface area (Å²) in [5.41, 5.74) is 0. The molecule has 0 bridgehead atoms. The van der Waals surface area contributed by atoms with Gasteiger partial charge in [-0.25, -0.2) is 0 Å². The zero-order chi connectivity index (χ0) is 9.68. The smallest absolute Gasteiger partial charge is 0.219 e. The maximum Gasteiger partial charge on any atom is 0.219 e. The first-order chi connectivity index (χ1) is 6.27. The molecule has 0 saturated heterocycles. The fourth-order valence-corrected chi connectivity index (χ4v) is 0.973. The normalized spacial score (nSPS) is 13.2. The van der Waals surface area contributed by atoms with E-state index in [0.717, 1.165) is 31.2 Å². The van der Waals surface area contributed by atoms with Crippen LogP contribution in [0.4, 0.5) is 0 Å². The molecular formula is C9H17N3O. The molecule has 0 saturated carbocycles. The summed E-state index contributed by atoms with van der Waals surface area (Å²) in [4.78, 5) is 0. The molecule has 0 aromatic carbocycles. The van der Waals surface area contributed by atoms with E-state index in [9.17, 15) is 0 Å². The molecule has 13 heavy (non-hydrogen) atoms. The summed E-state index contributed by atoms with van der Waals surface area (Å²) in [6.45, 7) is 5.08. The van der Waals surface area contributed by atoms with Crippen LogP contribution in [0.25, 0.3) is 0 Å². The Bertz CT molecular complexity index is 247. The number of nitrogens with zero attached hydrogens (tertiary/aromatic N) is 2. The predicted molar refractivity (Wildman–Crippen MR) is 50.6 cm³/mol. The molecule has 1 rings (SSSR count). The van der Waals surface area contributed by atoms with Crippen LogP contribution in [0.15, 0.2) is 4.42 Å². The molecule has 1 N–H and O–H groups in total. The number of nitrogens with one attached hydrogen (secondary N) is 1. The Kier molecular flexibility index (Phi) is 3.89. The van der Waals surface area contributed by atoms with Crippen molar-refractivity contribution in [3.8, 4) is 0 Å². The lowest BCUT2D eigenvalue weighted by Crippen LogP contribution is -2.10. The van der Waals surface area contributed by atoms with Gasteiger partial charge in [-0.3, -0.25) is 0 Å². The molecule has 1 aromatic heterocycles. The highest BCUT2D eigenvalue weighted by molar-refractivity contribution is 4.88. The molecule has 1 aromatic rings. The van der Waals surface area contributed by atoms with E-state index in [1.54, 1.807) is 0 Å². The van der Waals surface area contributed by atoms with Gasteiger partial charge in [0.05, 0.1) is 0 Å². The van der Waals surface area contributed by atoms with Gasteiger partial charge < -0.3 is 9.73 Å². The maximum atomic E-state index is 5.48. The zero-order valence-corrected chi connectivity index (χ0v) is 8.50. The van der Waals surface area contributed by atoms with E-state index in [1.165, 1.54) is 0 Å². The van der Waals surface area contributed by atoms with E-state index in [0.29, 0.717) is 5.92 Å². The van der Waals surface area contributed by atoms with Crippen molar-refractivity contribution in [3.05, 3.63) is 11.8 Å². The molecule has 0 spiro atoms. The van der Waals surface area contributed by atoms with E-state index >= 15 is 0 Å². The van der Waals surface area contributed by atoms with Crippen molar-refractivity contribution in [2.75, 3.05) is 13.6 Å². The van der Waals surface area contributed by atoms with Gasteiger partial charge in [0.25, 0.3) is 0 Å². The summed E-state index contributed by atoms with van der Waals surface area (Å²) in [5.74, 6) is 1.86. The first-order valence-electron chi connectivity index (χ1n) is 4.74. The van der Waals surface area contributed by atoms with Gasteiger partial charge in [0, 0.05) is 18.9 Å². The third kappa shape index (κ3) is 2.81. The van der Waals surface area contributed by atoms with Crippen LogP contribution < -0.4 is 5.32 Å². The lowest BCUT2D eigenvalue weighted by molar-refractivity contribution is 0.417. The molecule has 1 heterocycles. The third-order valence-corrected chi connectivity index (χ3v) is 2.11. The van der Waals surface area contributed by atoms with Crippen LogP contribution in [-0.4, -0.2) is 23.8 Å². The summed E-state index contributed by atoms with van der Waals surface area (Å²) in [5, 5.41) is 11.0. The van der Waals surface area contributed by atoms with Gasteiger partial charge in [0.2, 0.25) is 11.8 Å². The molecule has 0 radical (unpaired) electrons. The Labute approximate surface area is 78.7 Å². The van der Waals surface area contributed by atoms with Crippen LogP contribution in [0.3, 0.4) is 0 Å². The summed E-state index contributed by atoms with van der Waals surface area (Å²) < 4.78 is 5.48. The molecule has 1 unspecified atom stereocenters. The quantitative estimate of drug-likeness (QED) is 0.748. The monoisotopic (exact) mass is 183 g/mol. The second-order valence-electron chi connectivity index (χ2n) is 3.20. The number of hydrogen-bond donors (Lipinski definition) is 1. The predicted octanol–water partition coefficient (Wildman–Crippen LogP) is 1.34. The summed E-state index contributed by atoms with van der Waals surface area (Å²) in [6, 6.07) is 0. The summed E-state index contributed by atoms with van der Waals surface area (Å²) in [7, 11) is 1.91. The minimum Gasteiger partial charge on any atom is -0.425 e. The second kappa shape index (κ2) is 4.97. The lowest BCUT2D eigenvalue weighted by atomic mass is 10.1. The van der Waals surface area contributed by atoms with E-state index in [1.807, 2.05) is 7.05 Å². The Morgan fingerprint density at radius 1 is 1.46 bits per heavy atom. The largest absolute Gasteiger partial charge is 0.425 e. The van der Waals surface area contributed by atoms with Gasteiger partial charge in [-0.15, -0.1) is 10.2 Å². The fraction of sp³-hybridized carbons (Fsp3) is 0.778. The zero-order valence-electron chi connectivity index (χ0n) is 8.50. The van der Waals surface area contributed by atoms with Crippen molar-refractivity contribution >= 4 is 0 Å². The molecule has 4 nitrogen and oxygen atoms in total. The summed E-state index contributed by atoms with van der Waals surface area (Å²) in [6.07, 6.45) is 1.84. The van der Waals surface area contributed by atoms with Crippen LogP contribution >= 0.6 is 0 Å². The van der Waals surface area contributed by atoms with Crippen LogP contribution in [0.1, 0.15) is 38.0 Å². The van der Waals surface area contributed by atoms with E-state index in [2.05, 4.69) is 29.4 Å². The van der Waals surface area contributed by atoms with Gasteiger partial charge >= 0.3 is 0 Å². The van der Waals surface area contributed by atoms with Crippen molar-refractivity contribution < 1.29 is 4.42 Å². The topological polar surface area (TPSA) is 51.0 Å². The van der Waals surface area contributed by atoms with E-state index in [4.69, 9.17) is 4.42 Å². The van der Waals surface area contributed by atoms with Crippen molar-refractivity contribution in [2.45, 2.75) is 32.6 Å². The molecule has 4 heteroatoms. The van der Waals surface area contributed by atoms with Crippen LogP contribution in [0, 0.1) is 0 Å². The average Bonchev–Trinajstić information content (AvgIpc) is 2.62. The molecule has 74 valence electrons. The van der Waals surface area contributed by atoms with E-state index < -0.39 is 0 Å². The Hall–Kier alpha value is -0.900. The number of likely N-dealkylation sites (N-methyl/N-ethyl adjacent to an activating group) is 1. The number of aromatic nitrogens is 2. The van der Waals surface area contributed by atoms with Gasteiger partial charge in [-0.2, -0.15) is 0 Å². The molecule has 0 aliphatic carbocycles. The van der Waals surface area contributed by atoms with Gasteiger partial charge in [-0.1, -0.05) is 13.8 Å². The Balaban J connectivity index is 2.53. The number of rotatable bonds is 5. The van der Waals surface area contributed by atoms with Crippen LogP contribution in [-0.2, 0) is 6.42 Å². The van der Waals surface area contributed by atoms with Crippen molar-refractivity contribution in [1.29, 1.82) is 0 Å². The SMILES string of the molecule is CCC(C)c1nnc(CCNC)o1. The first kappa shape index (κ1) is 10.2. The maximum absolute atomic E-state index is 5.48.